The van der Waals surface area contributed by atoms with Crippen molar-refractivity contribution in [3.05, 3.63) is 82.9 Å². The van der Waals surface area contributed by atoms with Crippen LogP contribution in [-0.4, -0.2) is 33.9 Å². The van der Waals surface area contributed by atoms with E-state index in [1.165, 1.54) is 31.4 Å². The van der Waals surface area contributed by atoms with Crippen molar-refractivity contribution in [2.24, 2.45) is 0 Å². The van der Waals surface area contributed by atoms with E-state index in [0.717, 1.165) is 16.7 Å². The van der Waals surface area contributed by atoms with Gasteiger partial charge in [0.25, 0.3) is 15.9 Å². The SMILES string of the molecule is COc1ccc(NS(=O)(=O)c2cccc(C(=O)NCC(=O)Nc3c(C)cc(C)cc3C)c2)cc1. The van der Waals surface area contributed by atoms with E-state index < -0.39 is 15.9 Å². The molecular formula is C25H27N3O5S. The first-order chi connectivity index (χ1) is 16.1. The Kier molecular flexibility index (Phi) is 7.57. The van der Waals surface area contributed by atoms with Gasteiger partial charge >= 0.3 is 0 Å². The summed E-state index contributed by atoms with van der Waals surface area (Å²) in [7, 11) is -2.41. The summed E-state index contributed by atoms with van der Waals surface area (Å²) in [6, 6.07) is 15.9. The van der Waals surface area contributed by atoms with Gasteiger partial charge in [0.05, 0.1) is 18.6 Å². The minimum absolute atomic E-state index is 0.0775. The number of amides is 2. The number of nitrogens with one attached hydrogen (secondary N) is 3. The molecule has 34 heavy (non-hydrogen) atoms. The molecule has 9 heteroatoms. The lowest BCUT2D eigenvalue weighted by Crippen LogP contribution is -2.33. The lowest BCUT2D eigenvalue weighted by atomic mass is 10.1. The quantitative estimate of drug-likeness (QED) is 0.453. The third-order valence-corrected chi connectivity index (χ3v) is 6.48. The van der Waals surface area contributed by atoms with E-state index in [1.807, 2.05) is 32.9 Å². The molecule has 0 fully saturated rings. The number of ether oxygens (including phenoxy) is 1. The third-order valence-electron chi connectivity index (χ3n) is 5.10. The van der Waals surface area contributed by atoms with E-state index in [0.29, 0.717) is 17.1 Å². The third kappa shape index (κ3) is 6.14. The molecule has 3 aromatic carbocycles. The standard InChI is InChI=1S/C25H27N3O5S/c1-16-12-17(2)24(18(3)13-16)27-23(29)15-26-25(30)19-6-5-7-22(14-19)34(31,32)28-20-8-10-21(33-4)11-9-20/h5-14,28H,15H2,1-4H3,(H,26,30)(H,27,29). The lowest BCUT2D eigenvalue weighted by molar-refractivity contribution is -0.115. The Morgan fingerprint density at radius 3 is 2.18 bits per heavy atom. The number of carbonyl (C=O) groups excluding carboxylic acids is 2. The van der Waals surface area contributed by atoms with Crippen molar-refractivity contribution in [1.82, 2.24) is 5.32 Å². The fourth-order valence-electron chi connectivity index (χ4n) is 3.50. The molecule has 3 aromatic rings. The van der Waals surface area contributed by atoms with Crippen LogP contribution >= 0.6 is 0 Å². The minimum Gasteiger partial charge on any atom is -0.497 e. The van der Waals surface area contributed by atoms with Crippen LogP contribution in [-0.2, 0) is 14.8 Å². The second kappa shape index (κ2) is 10.4. The van der Waals surface area contributed by atoms with Crippen LogP contribution in [0.5, 0.6) is 5.75 Å². The molecule has 0 aliphatic carbocycles. The number of rotatable bonds is 8. The Morgan fingerprint density at radius 1 is 0.912 bits per heavy atom. The molecule has 0 atom stereocenters. The van der Waals surface area contributed by atoms with Crippen LogP contribution in [0.25, 0.3) is 0 Å². The van der Waals surface area contributed by atoms with Gasteiger partial charge in [-0.1, -0.05) is 23.8 Å². The maximum absolute atomic E-state index is 12.7. The molecule has 3 rings (SSSR count). The zero-order valence-electron chi connectivity index (χ0n) is 19.4. The zero-order valence-corrected chi connectivity index (χ0v) is 20.2. The number of hydrogen-bond donors (Lipinski definition) is 3. The van der Waals surface area contributed by atoms with Gasteiger partial charge in [0.15, 0.2) is 0 Å². The number of aryl methyl sites for hydroxylation is 3. The second-order valence-electron chi connectivity index (χ2n) is 7.87. The molecule has 0 unspecified atom stereocenters. The molecule has 0 aromatic heterocycles. The van der Waals surface area contributed by atoms with Gasteiger partial charge in [0, 0.05) is 16.9 Å². The Balaban J connectivity index is 1.65. The van der Waals surface area contributed by atoms with Crippen molar-refractivity contribution in [2.45, 2.75) is 25.7 Å². The Labute approximate surface area is 199 Å². The number of methoxy groups -OCH3 is 1. The van der Waals surface area contributed by atoms with Crippen LogP contribution in [0.1, 0.15) is 27.0 Å². The van der Waals surface area contributed by atoms with E-state index in [1.54, 1.807) is 24.3 Å². The van der Waals surface area contributed by atoms with Crippen molar-refractivity contribution >= 4 is 33.2 Å². The van der Waals surface area contributed by atoms with Crippen LogP contribution in [0.3, 0.4) is 0 Å². The fourth-order valence-corrected chi connectivity index (χ4v) is 4.61. The Hall–Kier alpha value is -3.85. The Bertz CT molecular complexity index is 1300. The predicted molar refractivity (Wildman–Crippen MR) is 132 cm³/mol. The lowest BCUT2D eigenvalue weighted by Gasteiger charge is -2.13. The molecule has 0 aliphatic heterocycles. The summed E-state index contributed by atoms with van der Waals surface area (Å²) in [6.45, 7) is 5.53. The summed E-state index contributed by atoms with van der Waals surface area (Å²) >= 11 is 0. The van der Waals surface area contributed by atoms with Gasteiger partial charge in [-0.2, -0.15) is 0 Å². The smallest absolute Gasteiger partial charge is 0.261 e. The molecule has 2 amide bonds. The molecular weight excluding hydrogens is 454 g/mol. The van der Waals surface area contributed by atoms with Crippen LogP contribution in [0.15, 0.2) is 65.6 Å². The highest BCUT2D eigenvalue weighted by molar-refractivity contribution is 7.92. The zero-order chi connectivity index (χ0) is 24.9. The van der Waals surface area contributed by atoms with Gasteiger partial charge in [-0.25, -0.2) is 8.42 Å². The van der Waals surface area contributed by atoms with Gasteiger partial charge in [0.1, 0.15) is 5.75 Å². The molecule has 0 bridgehead atoms. The van der Waals surface area contributed by atoms with Crippen molar-refractivity contribution < 1.29 is 22.7 Å². The average molecular weight is 482 g/mol. The number of sulfonamides is 1. The molecule has 0 heterocycles. The number of carbonyl (C=O) groups is 2. The van der Waals surface area contributed by atoms with Gasteiger partial charge in [-0.15, -0.1) is 0 Å². The normalized spacial score (nSPS) is 10.9. The average Bonchev–Trinajstić information content (AvgIpc) is 2.80. The maximum Gasteiger partial charge on any atom is 0.261 e. The van der Waals surface area contributed by atoms with E-state index in [9.17, 15) is 18.0 Å². The van der Waals surface area contributed by atoms with Crippen molar-refractivity contribution in [2.75, 3.05) is 23.7 Å². The van der Waals surface area contributed by atoms with E-state index in [-0.39, 0.29) is 22.9 Å². The Morgan fingerprint density at radius 2 is 1.56 bits per heavy atom. The van der Waals surface area contributed by atoms with E-state index in [4.69, 9.17) is 4.74 Å². The minimum atomic E-state index is -3.92. The largest absolute Gasteiger partial charge is 0.497 e. The van der Waals surface area contributed by atoms with Crippen LogP contribution in [0.2, 0.25) is 0 Å². The highest BCUT2D eigenvalue weighted by atomic mass is 32.2. The summed E-state index contributed by atoms with van der Waals surface area (Å²) < 4.78 is 33.0. The van der Waals surface area contributed by atoms with Gasteiger partial charge < -0.3 is 15.4 Å². The van der Waals surface area contributed by atoms with Gasteiger partial charge in [-0.05, 0) is 74.4 Å². The first kappa shape index (κ1) is 24.8. The van der Waals surface area contributed by atoms with Crippen molar-refractivity contribution in [1.29, 1.82) is 0 Å². The highest BCUT2D eigenvalue weighted by Gasteiger charge is 2.17. The summed E-state index contributed by atoms with van der Waals surface area (Å²) in [5.74, 6) is -0.347. The molecule has 0 saturated carbocycles. The van der Waals surface area contributed by atoms with Crippen molar-refractivity contribution in [3.63, 3.8) is 0 Å². The molecule has 0 radical (unpaired) electrons. The summed E-state index contributed by atoms with van der Waals surface area (Å²) in [4.78, 5) is 24.9. The van der Waals surface area contributed by atoms with Gasteiger partial charge in [0.2, 0.25) is 5.91 Å². The molecule has 178 valence electrons. The first-order valence-electron chi connectivity index (χ1n) is 10.5. The summed E-state index contributed by atoms with van der Waals surface area (Å²) in [6.07, 6.45) is 0. The molecule has 0 aliphatic rings. The van der Waals surface area contributed by atoms with Crippen LogP contribution in [0, 0.1) is 20.8 Å². The molecule has 0 saturated heterocycles. The highest BCUT2D eigenvalue weighted by Crippen LogP contribution is 2.22. The molecule has 8 nitrogen and oxygen atoms in total. The topological polar surface area (TPSA) is 114 Å². The van der Waals surface area contributed by atoms with Crippen LogP contribution in [0.4, 0.5) is 11.4 Å². The van der Waals surface area contributed by atoms with E-state index >= 15 is 0 Å². The van der Waals surface area contributed by atoms with E-state index in [2.05, 4.69) is 15.4 Å². The summed E-state index contributed by atoms with van der Waals surface area (Å²) in [5.41, 5.74) is 4.14. The first-order valence-corrected chi connectivity index (χ1v) is 12.0. The molecule has 0 spiro atoms. The number of hydrogen-bond acceptors (Lipinski definition) is 5. The van der Waals surface area contributed by atoms with Crippen molar-refractivity contribution in [3.8, 4) is 5.75 Å². The van der Waals surface area contributed by atoms with Gasteiger partial charge in [-0.3, -0.25) is 14.3 Å². The number of anilines is 2. The maximum atomic E-state index is 12.7. The fraction of sp³-hybridized carbons (Fsp3) is 0.200. The number of benzene rings is 3. The second-order valence-corrected chi connectivity index (χ2v) is 9.55. The summed E-state index contributed by atoms with van der Waals surface area (Å²) in [5, 5.41) is 5.35. The monoisotopic (exact) mass is 481 g/mol. The predicted octanol–water partition coefficient (Wildman–Crippen LogP) is 3.79. The van der Waals surface area contributed by atoms with Crippen LogP contribution < -0.4 is 20.1 Å². The molecule has 3 N–H and O–H groups in total.